The fraction of sp³-hybridized carbons (Fsp3) is 0.312. The van der Waals surface area contributed by atoms with Crippen molar-refractivity contribution >= 4 is 33.9 Å². The van der Waals surface area contributed by atoms with E-state index in [4.69, 9.17) is 4.42 Å². The number of carboxylic acids is 1. The minimum atomic E-state index is -0.750. The largest absolute Gasteiger partial charge is 0.481 e. The first-order valence-electron chi connectivity index (χ1n) is 7.34. The molecule has 6 nitrogen and oxygen atoms in total. The van der Waals surface area contributed by atoms with E-state index in [1.165, 1.54) is 6.33 Å². The number of nitrogens with zero attached hydrogens (tertiary/aromatic N) is 3. The summed E-state index contributed by atoms with van der Waals surface area (Å²) in [5, 5.41) is 10.2. The molecule has 1 saturated heterocycles. The highest BCUT2D eigenvalue weighted by molar-refractivity contribution is 6.05. The van der Waals surface area contributed by atoms with Crippen LogP contribution in [0.4, 0.5) is 5.82 Å². The second kappa shape index (κ2) is 4.98. The predicted molar refractivity (Wildman–Crippen MR) is 81.9 cm³/mol. The molecular formula is C16H15N3O3. The Kier molecular flexibility index (Phi) is 2.96. The molecule has 1 aliphatic heterocycles. The SMILES string of the molecule is O=C(O)[C@H]1CCCN(c2ncnc3c2oc2ccccc23)C1. The molecule has 1 fully saturated rings. The Hall–Kier alpha value is -2.63. The zero-order valence-electron chi connectivity index (χ0n) is 11.9. The number of furan rings is 1. The summed E-state index contributed by atoms with van der Waals surface area (Å²) < 4.78 is 5.92. The number of para-hydroxylation sites is 1. The van der Waals surface area contributed by atoms with Crippen molar-refractivity contribution in [2.75, 3.05) is 18.0 Å². The zero-order chi connectivity index (χ0) is 15.1. The van der Waals surface area contributed by atoms with Gasteiger partial charge in [-0.25, -0.2) is 9.97 Å². The second-order valence-electron chi connectivity index (χ2n) is 5.60. The van der Waals surface area contributed by atoms with E-state index in [1.807, 2.05) is 29.2 Å². The summed E-state index contributed by atoms with van der Waals surface area (Å²) in [6.07, 6.45) is 3.06. The minimum Gasteiger partial charge on any atom is -0.481 e. The Bertz CT molecular complexity index is 858. The van der Waals surface area contributed by atoms with Gasteiger partial charge in [-0.2, -0.15) is 0 Å². The third-order valence-electron chi connectivity index (χ3n) is 4.21. The number of benzene rings is 1. The maximum absolute atomic E-state index is 11.3. The lowest BCUT2D eigenvalue weighted by molar-refractivity contribution is -0.141. The summed E-state index contributed by atoms with van der Waals surface area (Å²) in [4.78, 5) is 21.9. The fourth-order valence-corrected chi connectivity index (χ4v) is 3.11. The average Bonchev–Trinajstić information content (AvgIpc) is 2.93. The van der Waals surface area contributed by atoms with Crippen molar-refractivity contribution in [1.82, 2.24) is 9.97 Å². The minimum absolute atomic E-state index is 0.358. The molecule has 0 radical (unpaired) electrons. The topological polar surface area (TPSA) is 79.5 Å². The van der Waals surface area contributed by atoms with Crippen LogP contribution in [0.15, 0.2) is 35.0 Å². The van der Waals surface area contributed by atoms with Gasteiger partial charge in [0.25, 0.3) is 0 Å². The van der Waals surface area contributed by atoms with Crippen LogP contribution in [-0.4, -0.2) is 34.1 Å². The maximum Gasteiger partial charge on any atom is 0.308 e. The second-order valence-corrected chi connectivity index (χ2v) is 5.60. The number of hydrogen-bond acceptors (Lipinski definition) is 5. The van der Waals surface area contributed by atoms with Gasteiger partial charge in [-0.3, -0.25) is 4.79 Å². The Balaban J connectivity index is 1.83. The number of carbonyl (C=O) groups is 1. The molecule has 3 aromatic rings. The highest BCUT2D eigenvalue weighted by Crippen LogP contribution is 2.33. The number of carboxylic acid groups (broad SMARTS) is 1. The van der Waals surface area contributed by atoms with E-state index in [9.17, 15) is 9.90 Å². The molecule has 0 spiro atoms. The molecule has 1 aromatic carbocycles. The number of piperidine rings is 1. The summed E-state index contributed by atoms with van der Waals surface area (Å²) in [5.74, 6) is -0.421. The maximum atomic E-state index is 11.3. The highest BCUT2D eigenvalue weighted by atomic mass is 16.4. The number of rotatable bonds is 2. The number of anilines is 1. The molecular weight excluding hydrogens is 282 g/mol. The molecule has 0 aliphatic carbocycles. The molecule has 0 amide bonds. The van der Waals surface area contributed by atoms with Crippen LogP contribution in [-0.2, 0) is 4.79 Å². The molecule has 6 heteroatoms. The average molecular weight is 297 g/mol. The van der Waals surface area contributed by atoms with Crippen molar-refractivity contribution in [3.63, 3.8) is 0 Å². The Morgan fingerprint density at radius 3 is 3.05 bits per heavy atom. The van der Waals surface area contributed by atoms with Crippen LogP contribution in [0.1, 0.15) is 12.8 Å². The fourth-order valence-electron chi connectivity index (χ4n) is 3.11. The van der Waals surface area contributed by atoms with Gasteiger partial charge >= 0.3 is 5.97 Å². The third-order valence-corrected chi connectivity index (χ3v) is 4.21. The van der Waals surface area contributed by atoms with Crippen LogP contribution >= 0.6 is 0 Å². The van der Waals surface area contributed by atoms with E-state index in [1.54, 1.807) is 0 Å². The van der Waals surface area contributed by atoms with Crippen molar-refractivity contribution in [3.05, 3.63) is 30.6 Å². The number of fused-ring (bicyclic) bond motifs is 3. The first kappa shape index (κ1) is 13.1. The summed E-state index contributed by atoms with van der Waals surface area (Å²) >= 11 is 0. The quantitative estimate of drug-likeness (QED) is 0.783. The summed E-state index contributed by atoms with van der Waals surface area (Å²) in [5.41, 5.74) is 2.18. The van der Waals surface area contributed by atoms with Gasteiger partial charge in [-0.05, 0) is 25.0 Å². The first-order valence-corrected chi connectivity index (χ1v) is 7.34. The van der Waals surface area contributed by atoms with Gasteiger partial charge in [-0.15, -0.1) is 0 Å². The zero-order valence-corrected chi connectivity index (χ0v) is 11.9. The van der Waals surface area contributed by atoms with Crippen LogP contribution in [0.3, 0.4) is 0 Å². The lowest BCUT2D eigenvalue weighted by Crippen LogP contribution is -2.39. The van der Waals surface area contributed by atoms with Crippen LogP contribution in [0.5, 0.6) is 0 Å². The van der Waals surface area contributed by atoms with Crippen LogP contribution in [0.25, 0.3) is 22.1 Å². The molecule has 112 valence electrons. The van der Waals surface area contributed by atoms with E-state index in [0.717, 1.165) is 29.5 Å². The molecule has 1 aliphatic rings. The number of aromatic nitrogens is 2. The summed E-state index contributed by atoms with van der Waals surface area (Å²) in [6, 6.07) is 7.73. The van der Waals surface area contributed by atoms with Crippen molar-refractivity contribution in [3.8, 4) is 0 Å². The molecule has 1 atom stereocenters. The van der Waals surface area contributed by atoms with E-state index in [2.05, 4.69) is 9.97 Å². The van der Waals surface area contributed by atoms with E-state index >= 15 is 0 Å². The normalized spacial score (nSPS) is 18.9. The molecule has 0 saturated carbocycles. The molecule has 4 rings (SSSR count). The van der Waals surface area contributed by atoms with Crippen molar-refractivity contribution in [2.45, 2.75) is 12.8 Å². The van der Waals surface area contributed by atoms with Crippen molar-refractivity contribution in [1.29, 1.82) is 0 Å². The van der Waals surface area contributed by atoms with Gasteiger partial charge in [0.2, 0.25) is 0 Å². The molecule has 1 N–H and O–H groups in total. The molecule has 2 aromatic heterocycles. The molecule has 3 heterocycles. The van der Waals surface area contributed by atoms with E-state index in [0.29, 0.717) is 24.4 Å². The van der Waals surface area contributed by atoms with Gasteiger partial charge in [0.1, 0.15) is 17.4 Å². The van der Waals surface area contributed by atoms with Crippen molar-refractivity contribution < 1.29 is 14.3 Å². The predicted octanol–water partition coefficient (Wildman–Crippen LogP) is 2.68. The Morgan fingerprint density at radius 1 is 1.32 bits per heavy atom. The van der Waals surface area contributed by atoms with Gasteiger partial charge < -0.3 is 14.4 Å². The monoisotopic (exact) mass is 297 g/mol. The first-order chi connectivity index (χ1) is 10.7. The van der Waals surface area contributed by atoms with Gasteiger partial charge in [0.05, 0.1) is 5.92 Å². The molecule has 0 unspecified atom stereocenters. The van der Waals surface area contributed by atoms with Gasteiger partial charge in [-0.1, -0.05) is 12.1 Å². The highest BCUT2D eigenvalue weighted by Gasteiger charge is 2.28. The lowest BCUT2D eigenvalue weighted by Gasteiger charge is -2.31. The summed E-state index contributed by atoms with van der Waals surface area (Å²) in [6.45, 7) is 1.24. The van der Waals surface area contributed by atoms with Crippen LogP contribution in [0.2, 0.25) is 0 Å². The third kappa shape index (κ3) is 1.99. The standard InChI is InChI=1S/C16H15N3O3/c20-16(21)10-4-3-7-19(8-10)15-14-13(17-9-18-15)11-5-1-2-6-12(11)22-14/h1-2,5-6,9-10H,3-4,7-8H2,(H,20,21)/t10-/m0/s1. The van der Waals surface area contributed by atoms with Crippen LogP contribution < -0.4 is 4.90 Å². The number of aliphatic carboxylic acids is 1. The van der Waals surface area contributed by atoms with Crippen LogP contribution in [0, 0.1) is 5.92 Å². The van der Waals surface area contributed by atoms with E-state index < -0.39 is 5.97 Å². The Morgan fingerprint density at radius 2 is 2.18 bits per heavy atom. The molecule has 22 heavy (non-hydrogen) atoms. The van der Waals surface area contributed by atoms with Gasteiger partial charge in [0, 0.05) is 18.5 Å². The number of hydrogen-bond donors (Lipinski definition) is 1. The summed E-state index contributed by atoms with van der Waals surface area (Å²) in [7, 11) is 0. The molecule has 0 bridgehead atoms. The smallest absolute Gasteiger partial charge is 0.308 e. The Labute approximate surface area is 126 Å². The lowest BCUT2D eigenvalue weighted by atomic mass is 9.98. The van der Waals surface area contributed by atoms with Gasteiger partial charge in [0.15, 0.2) is 11.4 Å². The van der Waals surface area contributed by atoms with Crippen molar-refractivity contribution in [2.24, 2.45) is 5.92 Å². The van der Waals surface area contributed by atoms with E-state index in [-0.39, 0.29) is 5.92 Å².